The van der Waals surface area contributed by atoms with Crippen molar-refractivity contribution in [2.24, 2.45) is 5.92 Å². The summed E-state index contributed by atoms with van der Waals surface area (Å²) < 4.78 is 1.58. The van der Waals surface area contributed by atoms with Gasteiger partial charge in [-0.25, -0.2) is 4.68 Å². The van der Waals surface area contributed by atoms with Gasteiger partial charge in [-0.3, -0.25) is 4.79 Å². The molecule has 0 amide bonds. The fourth-order valence-electron chi connectivity index (χ4n) is 1.64. The second-order valence-corrected chi connectivity index (χ2v) is 5.16. The first-order valence-electron chi connectivity index (χ1n) is 5.57. The van der Waals surface area contributed by atoms with Gasteiger partial charge in [0.15, 0.2) is 5.82 Å². The summed E-state index contributed by atoms with van der Waals surface area (Å²) in [6.07, 6.45) is 0. The van der Waals surface area contributed by atoms with Crippen LogP contribution in [0.25, 0.3) is 10.7 Å². The van der Waals surface area contributed by atoms with Gasteiger partial charge in [-0.15, -0.1) is 16.4 Å². The molecule has 2 aromatic rings. The molecule has 0 spiro atoms. The lowest BCUT2D eigenvalue weighted by Gasteiger charge is -2.16. The number of aryl methyl sites for hydroxylation is 1. The van der Waals surface area contributed by atoms with Crippen LogP contribution in [-0.2, 0) is 4.79 Å². The summed E-state index contributed by atoms with van der Waals surface area (Å²) in [4.78, 5) is 12.0. The van der Waals surface area contributed by atoms with E-state index in [9.17, 15) is 4.79 Å². The van der Waals surface area contributed by atoms with Crippen molar-refractivity contribution in [1.82, 2.24) is 20.2 Å². The first-order chi connectivity index (χ1) is 8.52. The van der Waals surface area contributed by atoms with Crippen molar-refractivity contribution in [2.45, 2.75) is 26.8 Å². The highest BCUT2D eigenvalue weighted by Crippen LogP contribution is 2.29. The fourth-order valence-corrected chi connectivity index (χ4v) is 2.54. The minimum absolute atomic E-state index is 0.297. The summed E-state index contributed by atoms with van der Waals surface area (Å²) in [5, 5.41) is 22.6. The lowest BCUT2D eigenvalue weighted by molar-refractivity contribution is -0.142. The number of tetrazole rings is 1. The largest absolute Gasteiger partial charge is 0.481 e. The zero-order valence-electron chi connectivity index (χ0n) is 10.4. The zero-order valence-corrected chi connectivity index (χ0v) is 11.2. The highest BCUT2D eigenvalue weighted by atomic mass is 32.1. The molecular weight excluding hydrogens is 252 g/mol. The minimum Gasteiger partial charge on any atom is -0.481 e. The number of aliphatic carboxylic acids is 1. The average Bonchev–Trinajstić information content (AvgIpc) is 2.94. The van der Waals surface area contributed by atoms with Crippen molar-refractivity contribution in [3.05, 3.63) is 17.0 Å². The van der Waals surface area contributed by atoms with Gasteiger partial charge in [-0.05, 0) is 48.2 Å². The Hall–Kier alpha value is -1.76. The number of rotatable bonds is 4. The van der Waals surface area contributed by atoms with Gasteiger partial charge in [0.25, 0.3) is 0 Å². The second-order valence-electron chi connectivity index (χ2n) is 4.25. The molecule has 0 saturated carbocycles. The number of hydrogen-bond donors (Lipinski definition) is 1. The van der Waals surface area contributed by atoms with Crippen molar-refractivity contribution in [3.8, 4) is 10.7 Å². The van der Waals surface area contributed by atoms with Crippen molar-refractivity contribution in [3.63, 3.8) is 0 Å². The summed E-state index contributed by atoms with van der Waals surface area (Å²) in [6, 6.07) is 1.69. The van der Waals surface area contributed by atoms with E-state index in [0.29, 0.717) is 5.82 Å². The van der Waals surface area contributed by atoms with E-state index < -0.39 is 11.9 Å². The Morgan fingerprint density at radius 2 is 2.22 bits per heavy atom. The third kappa shape index (κ3) is 2.13. The first-order valence-corrected chi connectivity index (χ1v) is 6.45. The van der Waals surface area contributed by atoms with E-state index in [-0.39, 0.29) is 6.04 Å². The zero-order chi connectivity index (χ0) is 13.3. The van der Waals surface area contributed by atoms with Crippen LogP contribution in [0.3, 0.4) is 0 Å². The molecule has 1 N–H and O–H groups in total. The smallest absolute Gasteiger partial charge is 0.308 e. The van der Waals surface area contributed by atoms with Crippen molar-refractivity contribution in [2.75, 3.05) is 0 Å². The monoisotopic (exact) mass is 266 g/mol. The van der Waals surface area contributed by atoms with E-state index in [0.717, 1.165) is 10.4 Å². The fraction of sp³-hybridized carbons (Fsp3) is 0.455. The van der Waals surface area contributed by atoms with E-state index >= 15 is 0 Å². The number of aromatic nitrogens is 4. The van der Waals surface area contributed by atoms with E-state index in [1.54, 1.807) is 22.9 Å². The topological polar surface area (TPSA) is 80.9 Å². The van der Waals surface area contributed by atoms with Crippen LogP contribution in [-0.4, -0.2) is 31.3 Å². The molecule has 0 aliphatic rings. The van der Waals surface area contributed by atoms with Crippen LogP contribution in [0.15, 0.2) is 11.4 Å². The van der Waals surface area contributed by atoms with Gasteiger partial charge in [-0.1, -0.05) is 0 Å². The molecule has 18 heavy (non-hydrogen) atoms. The Morgan fingerprint density at radius 3 is 2.78 bits per heavy atom. The average molecular weight is 266 g/mol. The van der Waals surface area contributed by atoms with Crippen molar-refractivity contribution in [1.29, 1.82) is 0 Å². The number of carbonyl (C=O) groups is 1. The van der Waals surface area contributed by atoms with Gasteiger partial charge in [-0.2, -0.15) is 0 Å². The van der Waals surface area contributed by atoms with Gasteiger partial charge in [0, 0.05) is 0 Å². The molecular formula is C11H14N4O2S. The van der Waals surface area contributed by atoms with E-state index in [4.69, 9.17) is 5.11 Å². The van der Waals surface area contributed by atoms with Crippen molar-refractivity contribution >= 4 is 17.3 Å². The molecule has 0 aliphatic carbocycles. The molecule has 0 radical (unpaired) electrons. The second kappa shape index (κ2) is 4.85. The van der Waals surface area contributed by atoms with Crippen LogP contribution in [0.5, 0.6) is 0 Å². The van der Waals surface area contributed by atoms with Crippen LogP contribution in [0.2, 0.25) is 0 Å². The molecule has 2 aromatic heterocycles. The molecule has 2 atom stereocenters. The number of nitrogens with zero attached hydrogens (tertiary/aromatic N) is 4. The van der Waals surface area contributed by atoms with E-state index in [2.05, 4.69) is 15.5 Å². The number of thiophene rings is 1. The normalized spacial score (nSPS) is 14.4. The van der Waals surface area contributed by atoms with Gasteiger partial charge in [0.05, 0.1) is 16.8 Å². The highest BCUT2D eigenvalue weighted by Gasteiger charge is 2.25. The minimum atomic E-state index is -0.855. The maximum absolute atomic E-state index is 11.0. The molecule has 2 rings (SSSR count). The Kier molecular flexibility index (Phi) is 3.42. The maximum Gasteiger partial charge on any atom is 0.308 e. The van der Waals surface area contributed by atoms with E-state index in [1.165, 1.54) is 0 Å². The molecule has 96 valence electrons. The molecule has 6 nitrogen and oxygen atoms in total. The molecule has 0 aromatic carbocycles. The SMILES string of the molecule is Cc1ccsc1-c1nnnn1C(C)C(C)C(=O)O. The summed E-state index contributed by atoms with van der Waals surface area (Å²) in [6.45, 7) is 5.44. The first kappa shape index (κ1) is 12.7. The van der Waals surface area contributed by atoms with Crippen molar-refractivity contribution < 1.29 is 9.90 Å². The lowest BCUT2D eigenvalue weighted by Crippen LogP contribution is -2.23. The predicted octanol–water partition coefficient (Wildman–Crippen LogP) is 1.99. The van der Waals surface area contributed by atoms with Crippen LogP contribution < -0.4 is 0 Å². The maximum atomic E-state index is 11.0. The Balaban J connectivity index is 2.40. The number of hydrogen-bond acceptors (Lipinski definition) is 5. The molecule has 0 fully saturated rings. The number of carboxylic acid groups (broad SMARTS) is 1. The number of carboxylic acids is 1. The Morgan fingerprint density at radius 1 is 1.50 bits per heavy atom. The molecule has 0 aliphatic heterocycles. The van der Waals surface area contributed by atoms with Crippen LogP contribution in [0.1, 0.15) is 25.5 Å². The van der Waals surface area contributed by atoms with Crippen LogP contribution >= 0.6 is 11.3 Å². The molecule has 2 unspecified atom stereocenters. The quantitative estimate of drug-likeness (QED) is 0.915. The van der Waals surface area contributed by atoms with Crippen LogP contribution in [0, 0.1) is 12.8 Å². The van der Waals surface area contributed by atoms with Gasteiger partial charge in [0.2, 0.25) is 0 Å². The van der Waals surface area contributed by atoms with Gasteiger partial charge < -0.3 is 5.11 Å². The highest BCUT2D eigenvalue weighted by molar-refractivity contribution is 7.13. The molecule has 2 heterocycles. The summed E-state index contributed by atoms with van der Waals surface area (Å²) in [5.41, 5.74) is 1.09. The lowest BCUT2D eigenvalue weighted by atomic mass is 10.0. The Labute approximate surface area is 108 Å². The van der Waals surface area contributed by atoms with Gasteiger partial charge in [0.1, 0.15) is 0 Å². The summed E-state index contributed by atoms with van der Waals surface area (Å²) in [5.74, 6) is -0.775. The summed E-state index contributed by atoms with van der Waals surface area (Å²) >= 11 is 1.55. The third-order valence-corrected chi connectivity index (χ3v) is 4.07. The molecule has 0 bridgehead atoms. The van der Waals surface area contributed by atoms with Gasteiger partial charge >= 0.3 is 5.97 Å². The van der Waals surface area contributed by atoms with Crippen LogP contribution in [0.4, 0.5) is 0 Å². The standard InChI is InChI=1S/C11H14N4O2S/c1-6-4-5-18-9(6)10-12-13-14-15(10)8(3)7(2)11(16)17/h4-5,7-8H,1-3H3,(H,16,17). The van der Waals surface area contributed by atoms with E-state index in [1.807, 2.05) is 25.3 Å². The summed E-state index contributed by atoms with van der Waals surface area (Å²) in [7, 11) is 0. The molecule has 0 saturated heterocycles. The third-order valence-electron chi connectivity index (χ3n) is 3.06. The molecule has 7 heteroatoms. The Bertz CT molecular complexity index is 563. The predicted molar refractivity (Wildman–Crippen MR) is 67.4 cm³/mol.